The highest BCUT2D eigenvalue weighted by Crippen LogP contribution is 2.32. The minimum absolute atomic E-state index is 0.298. The van der Waals surface area contributed by atoms with Crippen molar-refractivity contribution in [3.63, 3.8) is 0 Å². The van der Waals surface area contributed by atoms with Crippen molar-refractivity contribution < 1.29 is 4.39 Å². The van der Waals surface area contributed by atoms with Gasteiger partial charge in [0.15, 0.2) is 4.34 Å². The topological polar surface area (TPSA) is 37.8 Å². The Morgan fingerprint density at radius 3 is 2.60 bits per heavy atom. The first-order valence-corrected chi connectivity index (χ1v) is 9.97. The lowest BCUT2D eigenvalue weighted by molar-refractivity contribution is 0.617. The van der Waals surface area contributed by atoms with Crippen LogP contribution in [-0.4, -0.2) is 10.2 Å². The highest BCUT2D eigenvalue weighted by atomic mass is 35.5. The standard InChI is InChI=1S/C18H17ClFN3S2/c1-11(2)12-6-8-13(9-7-12)21-17-22-23-18(25-17)24-10-14-15(19)4-3-5-16(14)20/h3-9,11H,10H2,1-2H3,(H,21,22). The monoisotopic (exact) mass is 393 g/mol. The molecule has 0 fully saturated rings. The van der Waals surface area contributed by atoms with Crippen LogP contribution in [0.3, 0.4) is 0 Å². The summed E-state index contributed by atoms with van der Waals surface area (Å²) in [6, 6.07) is 13.0. The molecule has 0 aliphatic heterocycles. The Kier molecular flexibility index (Phi) is 5.93. The van der Waals surface area contributed by atoms with Gasteiger partial charge in [-0.3, -0.25) is 0 Å². The average molecular weight is 394 g/mol. The number of nitrogens with one attached hydrogen (secondary N) is 1. The molecule has 0 atom stereocenters. The molecule has 0 radical (unpaired) electrons. The fourth-order valence-corrected chi connectivity index (χ4v) is 4.31. The summed E-state index contributed by atoms with van der Waals surface area (Å²) < 4.78 is 14.6. The third kappa shape index (κ3) is 4.71. The zero-order chi connectivity index (χ0) is 17.8. The van der Waals surface area contributed by atoms with Crippen molar-refractivity contribution >= 4 is 45.5 Å². The number of aromatic nitrogens is 2. The summed E-state index contributed by atoms with van der Waals surface area (Å²) in [7, 11) is 0. The number of nitrogens with zero attached hydrogens (tertiary/aromatic N) is 2. The quantitative estimate of drug-likeness (QED) is 0.485. The van der Waals surface area contributed by atoms with E-state index in [0.29, 0.717) is 27.4 Å². The summed E-state index contributed by atoms with van der Waals surface area (Å²) in [6.07, 6.45) is 0. The Labute approximate surface area is 159 Å². The largest absolute Gasteiger partial charge is 0.330 e. The summed E-state index contributed by atoms with van der Waals surface area (Å²) in [5.74, 6) is 0.625. The van der Waals surface area contributed by atoms with Crippen molar-refractivity contribution in [3.05, 3.63) is 64.4 Å². The minimum atomic E-state index is -0.298. The molecule has 25 heavy (non-hydrogen) atoms. The molecule has 3 nitrogen and oxygen atoms in total. The highest BCUT2D eigenvalue weighted by molar-refractivity contribution is 8.00. The van der Waals surface area contributed by atoms with Gasteiger partial charge in [-0.1, -0.05) is 66.7 Å². The van der Waals surface area contributed by atoms with Crippen LogP contribution in [0.2, 0.25) is 5.02 Å². The summed E-state index contributed by atoms with van der Waals surface area (Å²) in [5, 5.41) is 12.7. The van der Waals surface area contributed by atoms with Gasteiger partial charge in [-0.2, -0.15) is 0 Å². The molecule has 0 aliphatic rings. The zero-order valence-electron chi connectivity index (χ0n) is 13.8. The maximum absolute atomic E-state index is 13.8. The van der Waals surface area contributed by atoms with Crippen LogP contribution in [0.5, 0.6) is 0 Å². The number of benzene rings is 2. The fraction of sp³-hybridized carbons (Fsp3) is 0.222. The Balaban J connectivity index is 1.62. The van der Waals surface area contributed by atoms with E-state index in [-0.39, 0.29) is 5.82 Å². The second-order valence-electron chi connectivity index (χ2n) is 5.76. The summed E-state index contributed by atoms with van der Waals surface area (Å²) in [5.41, 5.74) is 2.75. The molecule has 1 heterocycles. The lowest BCUT2D eigenvalue weighted by Gasteiger charge is -2.06. The maximum Gasteiger partial charge on any atom is 0.210 e. The predicted molar refractivity (Wildman–Crippen MR) is 105 cm³/mol. The van der Waals surface area contributed by atoms with Crippen molar-refractivity contribution in [1.82, 2.24) is 10.2 Å². The Morgan fingerprint density at radius 2 is 1.92 bits per heavy atom. The van der Waals surface area contributed by atoms with Crippen LogP contribution < -0.4 is 5.32 Å². The first kappa shape index (κ1) is 18.2. The normalized spacial score (nSPS) is 11.1. The Morgan fingerprint density at radius 1 is 1.16 bits per heavy atom. The zero-order valence-corrected chi connectivity index (χ0v) is 16.2. The van der Waals surface area contributed by atoms with Crippen LogP contribution in [0.15, 0.2) is 46.8 Å². The molecule has 0 bridgehead atoms. The molecule has 7 heteroatoms. The average Bonchev–Trinajstić information content (AvgIpc) is 3.02. The number of anilines is 2. The van der Waals surface area contributed by atoms with Gasteiger partial charge in [0, 0.05) is 22.0 Å². The summed E-state index contributed by atoms with van der Waals surface area (Å²) in [6.45, 7) is 4.33. The van der Waals surface area contributed by atoms with E-state index in [2.05, 4.69) is 41.5 Å². The van der Waals surface area contributed by atoms with Gasteiger partial charge in [-0.25, -0.2) is 4.39 Å². The van der Waals surface area contributed by atoms with E-state index in [0.717, 1.165) is 10.0 Å². The Bertz CT molecular complexity index is 830. The van der Waals surface area contributed by atoms with Gasteiger partial charge >= 0.3 is 0 Å². The number of halogens is 2. The van der Waals surface area contributed by atoms with Crippen molar-refractivity contribution in [1.29, 1.82) is 0 Å². The van der Waals surface area contributed by atoms with Crippen LogP contribution in [0.1, 0.15) is 30.9 Å². The molecule has 3 rings (SSSR count). The van der Waals surface area contributed by atoms with E-state index in [4.69, 9.17) is 11.6 Å². The van der Waals surface area contributed by atoms with E-state index < -0.39 is 0 Å². The van der Waals surface area contributed by atoms with E-state index >= 15 is 0 Å². The Hall–Kier alpha value is -1.63. The van der Waals surface area contributed by atoms with Gasteiger partial charge in [0.2, 0.25) is 5.13 Å². The van der Waals surface area contributed by atoms with E-state index in [1.54, 1.807) is 12.1 Å². The van der Waals surface area contributed by atoms with Crippen molar-refractivity contribution in [3.8, 4) is 0 Å². The number of rotatable bonds is 6. The van der Waals surface area contributed by atoms with Gasteiger partial charge < -0.3 is 5.32 Å². The lowest BCUT2D eigenvalue weighted by atomic mass is 10.0. The number of hydrogen-bond acceptors (Lipinski definition) is 5. The first-order chi connectivity index (χ1) is 12.0. The molecule has 1 aromatic heterocycles. The third-order valence-electron chi connectivity index (χ3n) is 3.64. The molecule has 0 amide bonds. The van der Waals surface area contributed by atoms with Crippen molar-refractivity contribution in [2.24, 2.45) is 0 Å². The van der Waals surface area contributed by atoms with Crippen LogP contribution in [0.4, 0.5) is 15.2 Å². The van der Waals surface area contributed by atoms with E-state index in [1.165, 1.54) is 34.7 Å². The highest BCUT2D eigenvalue weighted by Gasteiger charge is 2.10. The molecule has 0 saturated heterocycles. The van der Waals surface area contributed by atoms with Gasteiger partial charge in [0.25, 0.3) is 0 Å². The molecule has 0 spiro atoms. The molecular formula is C18H17ClFN3S2. The predicted octanol–water partition coefficient (Wildman–Crippen LogP) is 6.49. The molecule has 130 valence electrons. The molecule has 0 unspecified atom stereocenters. The van der Waals surface area contributed by atoms with E-state index in [9.17, 15) is 4.39 Å². The van der Waals surface area contributed by atoms with Crippen molar-refractivity contribution in [2.45, 2.75) is 29.9 Å². The van der Waals surface area contributed by atoms with Gasteiger partial charge in [0.1, 0.15) is 5.82 Å². The third-order valence-corrected chi connectivity index (χ3v) is 5.99. The molecule has 3 aromatic rings. The summed E-state index contributed by atoms with van der Waals surface area (Å²) >= 11 is 8.90. The van der Waals surface area contributed by atoms with Crippen LogP contribution in [0.25, 0.3) is 0 Å². The second kappa shape index (κ2) is 8.17. The number of hydrogen-bond donors (Lipinski definition) is 1. The SMILES string of the molecule is CC(C)c1ccc(Nc2nnc(SCc3c(F)cccc3Cl)s2)cc1. The maximum atomic E-state index is 13.8. The first-order valence-electron chi connectivity index (χ1n) is 7.79. The van der Waals surface area contributed by atoms with Gasteiger partial charge in [0.05, 0.1) is 0 Å². The smallest absolute Gasteiger partial charge is 0.210 e. The molecule has 0 aliphatic carbocycles. The van der Waals surface area contributed by atoms with Crippen LogP contribution in [-0.2, 0) is 5.75 Å². The van der Waals surface area contributed by atoms with Gasteiger partial charge in [-0.15, -0.1) is 10.2 Å². The van der Waals surface area contributed by atoms with Gasteiger partial charge in [-0.05, 0) is 35.7 Å². The minimum Gasteiger partial charge on any atom is -0.330 e. The van der Waals surface area contributed by atoms with Crippen LogP contribution >= 0.6 is 34.7 Å². The van der Waals surface area contributed by atoms with Crippen molar-refractivity contribution in [2.75, 3.05) is 5.32 Å². The van der Waals surface area contributed by atoms with Crippen LogP contribution in [0, 0.1) is 5.82 Å². The molecular weight excluding hydrogens is 377 g/mol. The molecule has 0 saturated carbocycles. The number of thioether (sulfide) groups is 1. The lowest BCUT2D eigenvalue weighted by Crippen LogP contribution is -1.91. The fourth-order valence-electron chi connectivity index (χ4n) is 2.20. The second-order valence-corrected chi connectivity index (χ2v) is 8.37. The van der Waals surface area contributed by atoms with E-state index in [1.807, 2.05) is 12.1 Å². The molecule has 1 N–H and O–H groups in total. The summed E-state index contributed by atoms with van der Waals surface area (Å²) in [4.78, 5) is 0. The molecule has 2 aromatic carbocycles.